The fourth-order valence-corrected chi connectivity index (χ4v) is 2.22. The molecule has 0 unspecified atom stereocenters. The van der Waals surface area contributed by atoms with Crippen molar-refractivity contribution < 1.29 is 24.3 Å². The molecule has 1 rings (SSSR count). The molecule has 0 aliphatic heterocycles. The van der Waals surface area contributed by atoms with Crippen LogP contribution in [-0.4, -0.2) is 47.4 Å². The van der Waals surface area contributed by atoms with Crippen molar-refractivity contribution in [2.75, 3.05) is 6.54 Å². The molecule has 0 aromatic heterocycles. The van der Waals surface area contributed by atoms with Crippen LogP contribution in [0.25, 0.3) is 0 Å². The molecule has 7 N–H and O–H groups in total. The van der Waals surface area contributed by atoms with Crippen molar-refractivity contribution in [1.82, 2.24) is 10.6 Å². The highest BCUT2D eigenvalue weighted by atomic mass is 16.4. The number of hydrogen-bond donors (Lipinski definition) is 5. The minimum absolute atomic E-state index is 0.00323. The lowest BCUT2D eigenvalue weighted by molar-refractivity contribution is -0.143. The van der Waals surface area contributed by atoms with Crippen molar-refractivity contribution in [3.8, 4) is 0 Å². The average molecular weight is 364 g/mol. The van der Waals surface area contributed by atoms with Crippen molar-refractivity contribution in [2.45, 2.75) is 37.8 Å². The first kappa shape index (κ1) is 21.1. The molecule has 0 heterocycles. The van der Waals surface area contributed by atoms with E-state index in [2.05, 4.69) is 10.6 Å². The van der Waals surface area contributed by atoms with E-state index in [1.807, 2.05) is 30.3 Å². The van der Waals surface area contributed by atoms with E-state index in [4.69, 9.17) is 16.6 Å². The lowest BCUT2D eigenvalue weighted by atomic mass is 10.1. The Morgan fingerprint density at radius 2 is 1.77 bits per heavy atom. The Kier molecular flexibility index (Phi) is 8.79. The number of nitrogens with two attached hydrogens (primary N) is 2. The molecule has 142 valence electrons. The second-order valence-corrected chi connectivity index (χ2v) is 5.82. The third-order valence-corrected chi connectivity index (χ3v) is 3.55. The molecule has 0 fully saturated rings. The highest BCUT2D eigenvalue weighted by molar-refractivity contribution is 5.88. The summed E-state index contributed by atoms with van der Waals surface area (Å²) >= 11 is 0. The molecule has 26 heavy (non-hydrogen) atoms. The number of aliphatic carboxylic acids is 1. The van der Waals surface area contributed by atoms with Gasteiger partial charge in [-0.3, -0.25) is 14.4 Å². The summed E-state index contributed by atoms with van der Waals surface area (Å²) in [4.78, 5) is 45.3. The van der Waals surface area contributed by atoms with Crippen LogP contribution in [0, 0.1) is 0 Å². The number of amides is 3. The number of primary amides is 1. The Labute approximate surface area is 151 Å². The summed E-state index contributed by atoms with van der Waals surface area (Å²) in [5.74, 6) is -3.03. The van der Waals surface area contributed by atoms with E-state index >= 15 is 0 Å². The summed E-state index contributed by atoms with van der Waals surface area (Å²) in [6, 6.07) is 7.30. The zero-order valence-corrected chi connectivity index (χ0v) is 14.3. The van der Waals surface area contributed by atoms with E-state index in [1.54, 1.807) is 0 Å². The highest BCUT2D eigenvalue weighted by Gasteiger charge is 2.21. The van der Waals surface area contributed by atoms with Crippen LogP contribution in [0.5, 0.6) is 0 Å². The molecule has 0 saturated heterocycles. The van der Waals surface area contributed by atoms with E-state index in [0.29, 0.717) is 12.8 Å². The number of nitrogens with one attached hydrogen (secondary N) is 2. The predicted octanol–water partition coefficient (Wildman–Crippen LogP) is -1.10. The van der Waals surface area contributed by atoms with Crippen molar-refractivity contribution in [3.63, 3.8) is 0 Å². The SMILES string of the molecule is NC(=O)C[C@H](NC(=O)CCCNC(=O)[C@@H](N)Cc1ccccc1)C(=O)O. The van der Waals surface area contributed by atoms with Gasteiger partial charge in [0.1, 0.15) is 6.04 Å². The third-order valence-electron chi connectivity index (χ3n) is 3.55. The number of benzene rings is 1. The number of carbonyl (C=O) groups is 4. The highest BCUT2D eigenvalue weighted by Crippen LogP contribution is 2.02. The number of carboxylic acid groups (broad SMARTS) is 1. The normalized spacial score (nSPS) is 12.7. The van der Waals surface area contributed by atoms with Gasteiger partial charge >= 0.3 is 5.97 Å². The van der Waals surface area contributed by atoms with Gasteiger partial charge in [-0.2, -0.15) is 0 Å². The van der Waals surface area contributed by atoms with Crippen molar-refractivity contribution in [3.05, 3.63) is 35.9 Å². The molecule has 0 spiro atoms. The molecule has 9 nitrogen and oxygen atoms in total. The average Bonchev–Trinajstić information content (AvgIpc) is 2.58. The van der Waals surface area contributed by atoms with E-state index in [9.17, 15) is 19.2 Å². The number of hydrogen-bond acceptors (Lipinski definition) is 5. The molecule has 3 amide bonds. The first-order valence-corrected chi connectivity index (χ1v) is 8.17. The molecule has 0 saturated carbocycles. The van der Waals surface area contributed by atoms with Gasteiger partial charge in [-0.25, -0.2) is 4.79 Å². The summed E-state index contributed by atoms with van der Waals surface area (Å²) in [6.45, 7) is 0.225. The Morgan fingerprint density at radius 1 is 1.12 bits per heavy atom. The van der Waals surface area contributed by atoms with E-state index in [-0.39, 0.29) is 18.9 Å². The molecule has 0 aliphatic rings. The third kappa shape index (κ3) is 8.25. The minimum Gasteiger partial charge on any atom is -0.480 e. The van der Waals surface area contributed by atoms with Gasteiger partial charge in [0.25, 0.3) is 0 Å². The molecule has 0 aliphatic carbocycles. The van der Waals surface area contributed by atoms with Crippen molar-refractivity contribution in [2.24, 2.45) is 11.5 Å². The summed E-state index contributed by atoms with van der Waals surface area (Å²) < 4.78 is 0. The second-order valence-electron chi connectivity index (χ2n) is 5.82. The fraction of sp³-hybridized carbons (Fsp3) is 0.412. The molecule has 1 aromatic carbocycles. The fourth-order valence-electron chi connectivity index (χ4n) is 2.22. The number of carbonyl (C=O) groups excluding carboxylic acids is 3. The van der Waals surface area contributed by atoms with Gasteiger partial charge in [-0.1, -0.05) is 30.3 Å². The Hall–Kier alpha value is -2.94. The Bertz CT molecular complexity index is 635. The zero-order chi connectivity index (χ0) is 19.5. The summed E-state index contributed by atoms with van der Waals surface area (Å²) in [6.07, 6.45) is 0.224. The minimum atomic E-state index is -1.35. The van der Waals surface area contributed by atoms with Gasteiger partial charge in [-0.15, -0.1) is 0 Å². The maximum atomic E-state index is 11.9. The van der Waals surface area contributed by atoms with E-state index in [1.165, 1.54) is 0 Å². The van der Waals surface area contributed by atoms with Crippen LogP contribution in [0.2, 0.25) is 0 Å². The molecule has 9 heteroatoms. The van der Waals surface area contributed by atoms with Gasteiger partial charge in [0.2, 0.25) is 17.7 Å². The van der Waals surface area contributed by atoms with Crippen LogP contribution in [-0.2, 0) is 25.6 Å². The van der Waals surface area contributed by atoms with Crippen LogP contribution in [0.1, 0.15) is 24.8 Å². The van der Waals surface area contributed by atoms with Gasteiger partial charge < -0.3 is 27.2 Å². The lowest BCUT2D eigenvalue weighted by Crippen LogP contribution is -2.44. The maximum absolute atomic E-state index is 11.9. The predicted molar refractivity (Wildman–Crippen MR) is 93.7 cm³/mol. The molecule has 1 aromatic rings. The number of rotatable bonds is 11. The quantitative estimate of drug-likeness (QED) is 0.313. The molecular weight excluding hydrogens is 340 g/mol. The lowest BCUT2D eigenvalue weighted by Gasteiger charge is -2.14. The standard InChI is InChI=1S/C17H24N4O5/c18-12(9-11-5-2-1-3-6-11)16(24)20-8-4-7-15(23)21-13(17(25)26)10-14(19)22/h1-3,5-6,12-13H,4,7-10,18H2,(H2,19,22)(H,20,24)(H,21,23)(H,25,26)/t12-,13-/m0/s1. The van der Waals surface area contributed by atoms with Gasteiger partial charge in [0.05, 0.1) is 12.5 Å². The van der Waals surface area contributed by atoms with Gasteiger partial charge in [-0.05, 0) is 18.4 Å². The Balaban J connectivity index is 2.27. The summed E-state index contributed by atoms with van der Waals surface area (Å²) in [5, 5.41) is 13.8. The Morgan fingerprint density at radius 3 is 2.35 bits per heavy atom. The van der Waals surface area contributed by atoms with Crippen LogP contribution >= 0.6 is 0 Å². The molecule has 2 atom stereocenters. The van der Waals surface area contributed by atoms with E-state index in [0.717, 1.165) is 5.56 Å². The number of carboxylic acids is 1. The van der Waals surface area contributed by atoms with E-state index < -0.39 is 36.3 Å². The van der Waals surface area contributed by atoms with Gasteiger partial charge in [0.15, 0.2) is 0 Å². The second kappa shape index (κ2) is 10.8. The molecule has 0 radical (unpaired) electrons. The van der Waals surface area contributed by atoms with Crippen LogP contribution in [0.3, 0.4) is 0 Å². The van der Waals surface area contributed by atoms with Crippen molar-refractivity contribution >= 4 is 23.7 Å². The molecule has 0 bridgehead atoms. The zero-order valence-electron chi connectivity index (χ0n) is 14.3. The topological polar surface area (TPSA) is 165 Å². The van der Waals surface area contributed by atoms with Crippen LogP contribution < -0.4 is 22.1 Å². The summed E-state index contributed by atoms with van der Waals surface area (Å²) in [7, 11) is 0. The van der Waals surface area contributed by atoms with Crippen LogP contribution in [0.4, 0.5) is 0 Å². The summed E-state index contributed by atoms with van der Waals surface area (Å²) in [5.41, 5.74) is 11.7. The largest absolute Gasteiger partial charge is 0.480 e. The van der Waals surface area contributed by atoms with Crippen LogP contribution in [0.15, 0.2) is 30.3 Å². The van der Waals surface area contributed by atoms with Crippen molar-refractivity contribution in [1.29, 1.82) is 0 Å². The first-order valence-electron chi connectivity index (χ1n) is 8.17. The molecular formula is C17H24N4O5. The maximum Gasteiger partial charge on any atom is 0.326 e. The van der Waals surface area contributed by atoms with Gasteiger partial charge in [0, 0.05) is 13.0 Å². The smallest absolute Gasteiger partial charge is 0.326 e. The first-order chi connectivity index (χ1) is 12.3. The monoisotopic (exact) mass is 364 g/mol.